The number of benzene rings is 3. The highest BCUT2D eigenvalue weighted by atomic mass is 19.1. The summed E-state index contributed by atoms with van der Waals surface area (Å²) >= 11 is 0. The molecular formula is C34H33FN2O4. The number of carbonyl (C=O) groups excluding carboxylic acids is 1. The maximum absolute atomic E-state index is 15.3. The van der Waals surface area contributed by atoms with Crippen molar-refractivity contribution in [3.05, 3.63) is 95.4 Å². The summed E-state index contributed by atoms with van der Waals surface area (Å²) in [5.74, 6) is 0.601. The first-order chi connectivity index (χ1) is 19.8. The van der Waals surface area contributed by atoms with E-state index < -0.39 is 11.4 Å². The van der Waals surface area contributed by atoms with Crippen molar-refractivity contribution in [2.24, 2.45) is 10.8 Å². The van der Waals surface area contributed by atoms with E-state index in [4.69, 9.17) is 4.74 Å². The molecule has 2 fully saturated rings. The van der Waals surface area contributed by atoms with Gasteiger partial charge < -0.3 is 19.3 Å². The van der Waals surface area contributed by atoms with E-state index in [0.29, 0.717) is 57.3 Å². The number of rotatable bonds is 7. The molecule has 210 valence electrons. The lowest BCUT2D eigenvalue weighted by molar-refractivity contribution is -0.148. The topological polar surface area (TPSA) is 71.8 Å². The number of hydrogen-bond acceptors (Lipinski definition) is 3. The van der Waals surface area contributed by atoms with Gasteiger partial charge in [-0.05, 0) is 85.4 Å². The lowest BCUT2D eigenvalue weighted by Gasteiger charge is -2.33. The summed E-state index contributed by atoms with van der Waals surface area (Å²) in [7, 11) is 0. The van der Waals surface area contributed by atoms with Crippen LogP contribution in [0.2, 0.25) is 0 Å². The molecule has 0 radical (unpaired) electrons. The zero-order valence-electron chi connectivity index (χ0n) is 22.9. The number of para-hydroxylation sites is 2. The van der Waals surface area contributed by atoms with E-state index >= 15 is 4.39 Å². The summed E-state index contributed by atoms with van der Waals surface area (Å²) in [5.41, 5.74) is 2.84. The van der Waals surface area contributed by atoms with Gasteiger partial charge in [0, 0.05) is 30.6 Å². The van der Waals surface area contributed by atoms with Crippen LogP contribution in [0.1, 0.15) is 55.3 Å². The molecule has 2 bridgehead atoms. The second kappa shape index (κ2) is 9.75. The molecule has 7 heteroatoms. The van der Waals surface area contributed by atoms with Gasteiger partial charge in [-0.3, -0.25) is 9.59 Å². The van der Waals surface area contributed by atoms with Crippen molar-refractivity contribution in [3.8, 4) is 11.5 Å². The molecule has 3 aliphatic rings. The second-order valence-electron chi connectivity index (χ2n) is 12.2. The van der Waals surface area contributed by atoms with E-state index in [1.165, 1.54) is 6.07 Å². The summed E-state index contributed by atoms with van der Waals surface area (Å²) in [6, 6.07) is 22.7. The Morgan fingerprint density at radius 1 is 0.902 bits per heavy atom. The number of amides is 1. The number of ether oxygens (including phenoxy) is 1. The van der Waals surface area contributed by atoms with Crippen LogP contribution in [0.5, 0.6) is 11.5 Å². The van der Waals surface area contributed by atoms with Crippen LogP contribution in [0.15, 0.2) is 72.8 Å². The van der Waals surface area contributed by atoms with Crippen molar-refractivity contribution in [3.63, 3.8) is 0 Å². The molecule has 0 spiro atoms. The van der Waals surface area contributed by atoms with Crippen molar-refractivity contribution in [1.29, 1.82) is 0 Å². The van der Waals surface area contributed by atoms with Gasteiger partial charge in [0.2, 0.25) is 5.91 Å². The molecule has 41 heavy (non-hydrogen) atoms. The molecule has 3 aromatic carbocycles. The largest absolute Gasteiger partial charge is 0.481 e. The SMILES string of the molecule is O=C(CC12CCC(C(=O)O)(CC1)C2)N1CCc2c(n(Cc3ccc(Oc4ccccc4)cc3)c3c(F)cccc23)C1. The molecule has 4 aromatic rings. The highest BCUT2D eigenvalue weighted by Gasteiger charge is 2.58. The number of fused-ring (bicyclic) bond motifs is 5. The number of carboxylic acid groups (broad SMARTS) is 1. The maximum atomic E-state index is 15.3. The average molecular weight is 553 g/mol. The summed E-state index contributed by atoms with van der Waals surface area (Å²) in [4.78, 5) is 27.5. The Morgan fingerprint density at radius 3 is 2.34 bits per heavy atom. The Bertz CT molecular complexity index is 1640. The zero-order valence-corrected chi connectivity index (χ0v) is 22.9. The van der Waals surface area contributed by atoms with Crippen LogP contribution in [0.25, 0.3) is 10.9 Å². The normalized spacial score (nSPS) is 23.1. The van der Waals surface area contributed by atoms with Gasteiger partial charge in [0.25, 0.3) is 0 Å². The number of nitrogens with zero attached hydrogens (tertiary/aromatic N) is 2. The van der Waals surface area contributed by atoms with E-state index in [1.807, 2.05) is 70.1 Å². The van der Waals surface area contributed by atoms with E-state index in [-0.39, 0.29) is 17.1 Å². The maximum Gasteiger partial charge on any atom is 0.309 e. The minimum atomic E-state index is -0.710. The first kappa shape index (κ1) is 25.8. The Kier molecular flexibility index (Phi) is 6.14. The molecule has 7 rings (SSSR count). The minimum Gasteiger partial charge on any atom is -0.481 e. The monoisotopic (exact) mass is 552 g/mol. The van der Waals surface area contributed by atoms with E-state index in [1.54, 1.807) is 6.07 Å². The summed E-state index contributed by atoms with van der Waals surface area (Å²) in [6.45, 7) is 1.50. The van der Waals surface area contributed by atoms with Crippen molar-refractivity contribution in [1.82, 2.24) is 9.47 Å². The molecule has 1 amide bonds. The van der Waals surface area contributed by atoms with Gasteiger partial charge >= 0.3 is 5.97 Å². The fraction of sp³-hybridized carbons (Fsp3) is 0.353. The number of aromatic nitrogens is 1. The van der Waals surface area contributed by atoms with Crippen LogP contribution >= 0.6 is 0 Å². The van der Waals surface area contributed by atoms with Gasteiger partial charge in [-0.1, -0.05) is 42.5 Å². The third kappa shape index (κ3) is 4.48. The fourth-order valence-electron chi connectivity index (χ4n) is 7.60. The Hall–Kier alpha value is -4.13. The predicted molar refractivity (Wildman–Crippen MR) is 153 cm³/mol. The van der Waals surface area contributed by atoms with E-state index in [9.17, 15) is 14.7 Å². The average Bonchev–Trinajstić information content (AvgIpc) is 3.64. The van der Waals surface area contributed by atoms with E-state index in [0.717, 1.165) is 46.5 Å². The van der Waals surface area contributed by atoms with Crippen molar-refractivity contribution in [2.45, 2.75) is 58.0 Å². The lowest BCUT2D eigenvalue weighted by Crippen LogP contribution is -2.39. The number of carboxylic acids is 1. The van der Waals surface area contributed by atoms with Crippen LogP contribution in [0.4, 0.5) is 4.39 Å². The molecule has 0 atom stereocenters. The smallest absolute Gasteiger partial charge is 0.309 e. The van der Waals surface area contributed by atoms with Crippen LogP contribution in [0, 0.1) is 16.6 Å². The molecule has 2 saturated carbocycles. The second-order valence-corrected chi connectivity index (χ2v) is 12.2. The van der Waals surface area contributed by atoms with Crippen LogP contribution in [-0.4, -0.2) is 33.0 Å². The molecule has 1 aliphatic heterocycles. The standard InChI is InChI=1S/C34H33FN2O4/c35-28-8-4-7-27-26-13-18-36(30(38)19-33-14-16-34(22-33,17-15-33)32(39)40)21-29(26)37(31(27)28)20-23-9-11-25(12-10-23)41-24-5-2-1-3-6-24/h1-12H,13-22H2,(H,39,40). The Labute approximate surface area is 238 Å². The van der Waals surface area contributed by atoms with Crippen LogP contribution in [-0.2, 0) is 29.1 Å². The number of aliphatic carboxylic acids is 1. The first-order valence-electron chi connectivity index (χ1n) is 14.5. The van der Waals surface area contributed by atoms with Crippen molar-refractivity contribution < 1.29 is 23.8 Å². The molecule has 0 unspecified atom stereocenters. The van der Waals surface area contributed by atoms with Crippen LogP contribution in [0.3, 0.4) is 0 Å². The highest BCUT2D eigenvalue weighted by molar-refractivity contribution is 5.87. The highest BCUT2D eigenvalue weighted by Crippen LogP contribution is 2.63. The quantitative estimate of drug-likeness (QED) is 0.270. The van der Waals surface area contributed by atoms with Gasteiger partial charge in [-0.25, -0.2) is 4.39 Å². The van der Waals surface area contributed by atoms with Gasteiger partial charge in [0.05, 0.1) is 17.5 Å². The number of halogens is 1. The van der Waals surface area contributed by atoms with Crippen LogP contribution < -0.4 is 4.74 Å². The fourth-order valence-corrected chi connectivity index (χ4v) is 7.60. The van der Waals surface area contributed by atoms with Gasteiger partial charge in [-0.15, -0.1) is 0 Å². The van der Waals surface area contributed by atoms with Crippen molar-refractivity contribution in [2.75, 3.05) is 6.54 Å². The third-order valence-corrected chi connectivity index (χ3v) is 9.79. The van der Waals surface area contributed by atoms with Gasteiger partial charge in [0.15, 0.2) is 0 Å². The van der Waals surface area contributed by atoms with Gasteiger partial charge in [-0.2, -0.15) is 0 Å². The summed E-state index contributed by atoms with van der Waals surface area (Å²) in [6.07, 6.45) is 4.62. The summed E-state index contributed by atoms with van der Waals surface area (Å²) < 4.78 is 23.3. The molecular weight excluding hydrogens is 519 g/mol. The third-order valence-electron chi connectivity index (χ3n) is 9.79. The Morgan fingerprint density at radius 2 is 1.63 bits per heavy atom. The minimum absolute atomic E-state index is 0.0819. The van der Waals surface area contributed by atoms with E-state index in [2.05, 4.69) is 0 Å². The predicted octanol–water partition coefficient (Wildman–Crippen LogP) is 6.93. The van der Waals surface area contributed by atoms with Gasteiger partial charge in [0.1, 0.15) is 17.3 Å². The summed E-state index contributed by atoms with van der Waals surface area (Å²) in [5, 5.41) is 10.7. The molecule has 6 nitrogen and oxygen atoms in total. The molecule has 2 heterocycles. The molecule has 1 aromatic heterocycles. The number of carbonyl (C=O) groups is 2. The number of hydrogen-bond donors (Lipinski definition) is 1. The molecule has 0 saturated heterocycles. The van der Waals surface area contributed by atoms with Crippen molar-refractivity contribution >= 4 is 22.8 Å². The zero-order chi connectivity index (χ0) is 28.2. The molecule has 2 aliphatic carbocycles. The molecule has 1 N–H and O–H groups in total. The first-order valence-corrected chi connectivity index (χ1v) is 14.5. The Balaban J connectivity index is 1.14. The lowest BCUT2D eigenvalue weighted by atomic mass is 9.80.